The van der Waals surface area contributed by atoms with Crippen LogP contribution in [0.1, 0.15) is 5.56 Å². The number of hydrogen-bond donors (Lipinski definition) is 0. The van der Waals surface area contributed by atoms with Gasteiger partial charge in [0.1, 0.15) is 16.8 Å². The molecule has 0 bridgehead atoms. The van der Waals surface area contributed by atoms with Crippen LogP contribution in [0.4, 0.5) is 19.0 Å². The van der Waals surface area contributed by atoms with E-state index in [1.165, 1.54) is 6.20 Å². The predicted molar refractivity (Wildman–Crippen MR) is 86.2 cm³/mol. The van der Waals surface area contributed by atoms with E-state index in [1.54, 1.807) is 12.1 Å². The Balaban J connectivity index is 1.76. The maximum absolute atomic E-state index is 13.9. The molecule has 0 radical (unpaired) electrons. The van der Waals surface area contributed by atoms with Crippen LogP contribution in [0, 0.1) is 28.8 Å². The molecule has 3 rings (SSSR count). The second-order valence-electron chi connectivity index (χ2n) is 5.58. The van der Waals surface area contributed by atoms with Crippen molar-refractivity contribution in [2.24, 2.45) is 0 Å². The Morgan fingerprint density at radius 1 is 1.00 bits per heavy atom. The molecule has 2 heterocycles. The van der Waals surface area contributed by atoms with Gasteiger partial charge >= 0.3 is 0 Å². The molecular weight excluding hydrogens is 369 g/mol. The zero-order valence-electron chi connectivity index (χ0n) is 13.4. The lowest BCUT2D eigenvalue weighted by Gasteiger charge is -2.34. The topological polar surface area (TPSA) is 77.3 Å². The first-order valence-electron chi connectivity index (χ1n) is 7.59. The average molecular weight is 382 g/mol. The Kier molecular flexibility index (Phi) is 4.84. The van der Waals surface area contributed by atoms with E-state index in [9.17, 15) is 21.6 Å². The van der Waals surface area contributed by atoms with E-state index in [0.717, 1.165) is 10.4 Å². The Bertz CT molecular complexity index is 966. The van der Waals surface area contributed by atoms with Crippen LogP contribution in [-0.4, -0.2) is 43.9 Å². The standard InChI is InChI=1S/C16H13F3N4O2S/c17-12-2-3-13(16(19)15(12)18)26(24,25)23-7-5-22(6-8-23)14-4-1-11(9-20)10-21-14/h1-4,10H,5-8H2. The molecule has 1 aromatic heterocycles. The Morgan fingerprint density at radius 3 is 2.27 bits per heavy atom. The molecule has 1 aromatic carbocycles. The third-order valence-electron chi connectivity index (χ3n) is 4.06. The van der Waals surface area contributed by atoms with Crippen molar-refractivity contribution < 1.29 is 21.6 Å². The fraction of sp³-hybridized carbons (Fsp3) is 0.250. The van der Waals surface area contributed by atoms with E-state index in [4.69, 9.17) is 5.26 Å². The summed E-state index contributed by atoms with van der Waals surface area (Å²) in [5, 5.41) is 8.77. The molecule has 2 aromatic rings. The van der Waals surface area contributed by atoms with Gasteiger partial charge in [-0.05, 0) is 24.3 Å². The molecular formula is C16H13F3N4O2S. The molecule has 0 amide bonds. The Hall–Kier alpha value is -2.64. The first kappa shape index (κ1) is 18.2. The van der Waals surface area contributed by atoms with Crippen molar-refractivity contribution in [2.45, 2.75) is 4.90 Å². The van der Waals surface area contributed by atoms with Crippen molar-refractivity contribution in [2.75, 3.05) is 31.1 Å². The van der Waals surface area contributed by atoms with Gasteiger partial charge in [-0.3, -0.25) is 0 Å². The van der Waals surface area contributed by atoms with Crippen molar-refractivity contribution in [3.05, 3.63) is 53.5 Å². The van der Waals surface area contributed by atoms with Gasteiger partial charge in [-0.15, -0.1) is 0 Å². The van der Waals surface area contributed by atoms with Gasteiger partial charge in [0.15, 0.2) is 17.5 Å². The van der Waals surface area contributed by atoms with Crippen LogP contribution < -0.4 is 4.90 Å². The maximum Gasteiger partial charge on any atom is 0.246 e. The van der Waals surface area contributed by atoms with Crippen LogP contribution in [-0.2, 0) is 10.0 Å². The van der Waals surface area contributed by atoms with Gasteiger partial charge in [0.2, 0.25) is 10.0 Å². The molecule has 0 atom stereocenters. The molecule has 6 nitrogen and oxygen atoms in total. The van der Waals surface area contributed by atoms with Gasteiger partial charge in [0.25, 0.3) is 0 Å². The molecule has 0 N–H and O–H groups in total. The van der Waals surface area contributed by atoms with Crippen molar-refractivity contribution in [1.82, 2.24) is 9.29 Å². The molecule has 1 aliphatic rings. The summed E-state index contributed by atoms with van der Waals surface area (Å²) in [7, 11) is -4.29. The number of anilines is 1. The first-order valence-corrected chi connectivity index (χ1v) is 9.03. The van der Waals surface area contributed by atoms with E-state index < -0.39 is 32.4 Å². The lowest BCUT2D eigenvalue weighted by molar-refractivity contribution is 0.377. The molecule has 0 unspecified atom stereocenters. The first-order chi connectivity index (χ1) is 12.3. The summed E-state index contributed by atoms with van der Waals surface area (Å²) in [6.07, 6.45) is 1.41. The summed E-state index contributed by atoms with van der Waals surface area (Å²) >= 11 is 0. The van der Waals surface area contributed by atoms with Crippen molar-refractivity contribution in [3.8, 4) is 6.07 Å². The van der Waals surface area contributed by atoms with E-state index in [1.807, 2.05) is 11.0 Å². The highest BCUT2D eigenvalue weighted by molar-refractivity contribution is 7.89. The third kappa shape index (κ3) is 3.23. The average Bonchev–Trinajstić information content (AvgIpc) is 2.66. The Labute approximate surface area is 148 Å². The fourth-order valence-corrected chi connectivity index (χ4v) is 4.12. The molecule has 0 saturated carbocycles. The number of benzene rings is 1. The number of halogens is 3. The highest BCUT2D eigenvalue weighted by Crippen LogP contribution is 2.24. The minimum atomic E-state index is -4.29. The van der Waals surface area contributed by atoms with Crippen LogP contribution in [0.15, 0.2) is 35.4 Å². The van der Waals surface area contributed by atoms with Crippen molar-refractivity contribution in [3.63, 3.8) is 0 Å². The summed E-state index contributed by atoms with van der Waals surface area (Å²) < 4.78 is 66.3. The summed E-state index contributed by atoms with van der Waals surface area (Å²) in [4.78, 5) is 5.06. The highest BCUT2D eigenvalue weighted by Gasteiger charge is 2.32. The van der Waals surface area contributed by atoms with Crippen molar-refractivity contribution >= 4 is 15.8 Å². The smallest absolute Gasteiger partial charge is 0.246 e. The maximum atomic E-state index is 13.9. The fourth-order valence-electron chi connectivity index (χ4n) is 2.64. The number of nitriles is 1. The van der Waals surface area contributed by atoms with Gasteiger partial charge in [0, 0.05) is 32.4 Å². The lowest BCUT2D eigenvalue weighted by atomic mass is 10.3. The number of hydrogen-bond acceptors (Lipinski definition) is 5. The quantitative estimate of drug-likeness (QED) is 0.758. The second kappa shape index (κ2) is 6.93. The number of nitrogens with zero attached hydrogens (tertiary/aromatic N) is 4. The van der Waals surface area contributed by atoms with Gasteiger partial charge in [-0.1, -0.05) is 0 Å². The second-order valence-corrected chi connectivity index (χ2v) is 7.49. The Morgan fingerprint density at radius 2 is 1.69 bits per heavy atom. The summed E-state index contributed by atoms with van der Waals surface area (Å²) in [6, 6.07) is 6.51. The number of aromatic nitrogens is 1. The van der Waals surface area contributed by atoms with Crippen LogP contribution >= 0.6 is 0 Å². The molecule has 1 saturated heterocycles. The van der Waals surface area contributed by atoms with E-state index in [-0.39, 0.29) is 26.2 Å². The predicted octanol–water partition coefficient (Wildman–Crippen LogP) is 1.88. The highest BCUT2D eigenvalue weighted by atomic mass is 32.2. The zero-order chi connectivity index (χ0) is 18.9. The molecule has 1 fully saturated rings. The summed E-state index contributed by atoms with van der Waals surface area (Å²) in [6.45, 7) is 0.623. The molecule has 1 aliphatic heterocycles. The van der Waals surface area contributed by atoms with Gasteiger partial charge in [0.05, 0.1) is 5.56 Å². The number of piperazine rings is 1. The van der Waals surface area contributed by atoms with Crippen molar-refractivity contribution in [1.29, 1.82) is 5.26 Å². The lowest BCUT2D eigenvalue weighted by Crippen LogP contribution is -2.49. The number of sulfonamides is 1. The third-order valence-corrected chi connectivity index (χ3v) is 5.97. The molecule has 0 spiro atoms. The van der Waals surface area contributed by atoms with Crippen LogP contribution in [0.3, 0.4) is 0 Å². The van der Waals surface area contributed by atoms with Crippen LogP contribution in [0.2, 0.25) is 0 Å². The monoisotopic (exact) mass is 382 g/mol. The number of rotatable bonds is 3. The zero-order valence-corrected chi connectivity index (χ0v) is 14.2. The van der Waals surface area contributed by atoms with Crippen LogP contribution in [0.25, 0.3) is 0 Å². The largest absolute Gasteiger partial charge is 0.354 e. The summed E-state index contributed by atoms with van der Waals surface area (Å²) in [5.41, 5.74) is 0.406. The van der Waals surface area contributed by atoms with Gasteiger partial charge in [-0.25, -0.2) is 26.6 Å². The van der Waals surface area contributed by atoms with Gasteiger partial charge in [-0.2, -0.15) is 9.57 Å². The molecule has 10 heteroatoms. The SMILES string of the molecule is N#Cc1ccc(N2CCN(S(=O)(=O)c3ccc(F)c(F)c3F)CC2)nc1. The summed E-state index contributed by atoms with van der Waals surface area (Å²) in [5.74, 6) is -4.40. The normalized spacial score (nSPS) is 15.7. The van der Waals surface area contributed by atoms with E-state index >= 15 is 0 Å². The van der Waals surface area contributed by atoms with E-state index in [2.05, 4.69) is 4.98 Å². The van der Waals surface area contributed by atoms with Crippen LogP contribution in [0.5, 0.6) is 0 Å². The molecule has 26 heavy (non-hydrogen) atoms. The minimum Gasteiger partial charge on any atom is -0.354 e. The molecule has 136 valence electrons. The van der Waals surface area contributed by atoms with E-state index in [0.29, 0.717) is 17.4 Å². The van der Waals surface area contributed by atoms with Gasteiger partial charge < -0.3 is 4.90 Å². The minimum absolute atomic E-state index is 0.0302. The number of pyridine rings is 1. The molecule has 0 aliphatic carbocycles.